The average Bonchev–Trinajstić information content (AvgIpc) is 2.53. The fourth-order valence-electron chi connectivity index (χ4n) is 3.11. The molecular weight excluding hydrogens is 276 g/mol. The second-order valence-electron chi connectivity index (χ2n) is 5.48. The van der Waals surface area contributed by atoms with Gasteiger partial charge >= 0.3 is 0 Å². The predicted octanol–water partition coefficient (Wildman–Crippen LogP) is 3.52. The van der Waals surface area contributed by atoms with Crippen LogP contribution in [0.3, 0.4) is 0 Å². The second-order valence-corrected chi connectivity index (χ2v) is 5.48. The van der Waals surface area contributed by atoms with E-state index in [4.69, 9.17) is 0 Å². The fraction of sp³-hybridized carbons (Fsp3) is 0.0526. The van der Waals surface area contributed by atoms with Crippen LogP contribution < -0.4 is 0 Å². The second kappa shape index (κ2) is 4.53. The standard InChI is InChI=1S/C19H12O3/c20-14-7-4-11(5-8-14)15-9-6-12-2-1-3-13-10-16(21)19(22)18(15)17(12)13/h1-9,20H,10H2. The normalized spacial score (nSPS) is 13.6. The van der Waals surface area contributed by atoms with Crippen molar-refractivity contribution in [2.24, 2.45) is 0 Å². The summed E-state index contributed by atoms with van der Waals surface area (Å²) in [5.74, 6) is -0.625. The number of Topliss-reactive ketones (excluding diaryl/α,β-unsaturated/α-hetero) is 2. The Kier molecular flexibility index (Phi) is 2.63. The molecule has 106 valence electrons. The minimum atomic E-state index is -0.424. The van der Waals surface area contributed by atoms with Crippen molar-refractivity contribution in [3.63, 3.8) is 0 Å². The van der Waals surface area contributed by atoms with Gasteiger partial charge in [0.1, 0.15) is 5.75 Å². The minimum absolute atomic E-state index is 0.168. The van der Waals surface area contributed by atoms with E-state index in [1.54, 1.807) is 24.3 Å². The summed E-state index contributed by atoms with van der Waals surface area (Å²) in [4.78, 5) is 24.5. The summed E-state index contributed by atoms with van der Waals surface area (Å²) in [6.07, 6.45) is 0.169. The van der Waals surface area contributed by atoms with Crippen LogP contribution in [0, 0.1) is 0 Å². The van der Waals surface area contributed by atoms with E-state index >= 15 is 0 Å². The Morgan fingerprint density at radius 1 is 0.864 bits per heavy atom. The lowest BCUT2D eigenvalue weighted by Crippen LogP contribution is -2.22. The molecule has 0 unspecified atom stereocenters. The summed E-state index contributed by atoms with van der Waals surface area (Å²) in [5.41, 5.74) is 2.93. The van der Waals surface area contributed by atoms with E-state index in [1.807, 2.05) is 30.3 Å². The van der Waals surface area contributed by atoms with Gasteiger partial charge in [0.2, 0.25) is 11.6 Å². The molecule has 0 aliphatic heterocycles. The van der Waals surface area contributed by atoms with Crippen molar-refractivity contribution in [1.82, 2.24) is 0 Å². The van der Waals surface area contributed by atoms with Crippen LogP contribution in [0.2, 0.25) is 0 Å². The molecule has 4 rings (SSSR count). The van der Waals surface area contributed by atoms with Crippen molar-refractivity contribution >= 4 is 22.3 Å². The summed E-state index contributed by atoms with van der Waals surface area (Å²) in [5, 5.41) is 11.3. The summed E-state index contributed by atoms with van der Waals surface area (Å²) in [7, 11) is 0. The van der Waals surface area contributed by atoms with Crippen LogP contribution in [-0.4, -0.2) is 16.7 Å². The molecule has 0 aromatic heterocycles. The number of phenols is 1. The van der Waals surface area contributed by atoms with E-state index < -0.39 is 5.78 Å². The van der Waals surface area contributed by atoms with Crippen molar-refractivity contribution in [2.75, 3.05) is 0 Å². The first kappa shape index (κ1) is 12.8. The van der Waals surface area contributed by atoms with Gasteiger partial charge in [-0.25, -0.2) is 0 Å². The third-order valence-corrected chi connectivity index (χ3v) is 4.14. The molecule has 0 radical (unpaired) electrons. The molecule has 1 N–H and O–H groups in total. The number of hydrogen-bond acceptors (Lipinski definition) is 3. The van der Waals surface area contributed by atoms with Gasteiger partial charge in [-0.2, -0.15) is 0 Å². The third-order valence-electron chi connectivity index (χ3n) is 4.14. The molecule has 22 heavy (non-hydrogen) atoms. The van der Waals surface area contributed by atoms with Gasteiger partial charge in [-0.05, 0) is 39.6 Å². The number of rotatable bonds is 1. The number of carbonyl (C=O) groups is 2. The highest BCUT2D eigenvalue weighted by molar-refractivity contribution is 6.49. The lowest BCUT2D eigenvalue weighted by atomic mass is 9.82. The van der Waals surface area contributed by atoms with Gasteiger partial charge in [-0.1, -0.05) is 42.5 Å². The van der Waals surface area contributed by atoms with E-state index in [-0.39, 0.29) is 18.0 Å². The molecule has 0 fully saturated rings. The summed E-state index contributed by atoms with van der Waals surface area (Å²) in [6.45, 7) is 0. The highest BCUT2D eigenvalue weighted by atomic mass is 16.3. The van der Waals surface area contributed by atoms with Crippen LogP contribution in [-0.2, 0) is 11.2 Å². The van der Waals surface area contributed by atoms with Crippen LogP contribution in [0.4, 0.5) is 0 Å². The topological polar surface area (TPSA) is 54.4 Å². The molecule has 3 aromatic rings. The van der Waals surface area contributed by atoms with Crippen LogP contribution in [0.15, 0.2) is 54.6 Å². The Balaban J connectivity index is 2.10. The van der Waals surface area contributed by atoms with Gasteiger partial charge in [0.15, 0.2) is 0 Å². The van der Waals surface area contributed by atoms with E-state index in [9.17, 15) is 14.7 Å². The van der Waals surface area contributed by atoms with Crippen LogP contribution in [0.25, 0.3) is 21.9 Å². The average molecular weight is 288 g/mol. The molecule has 1 aliphatic carbocycles. The Morgan fingerprint density at radius 3 is 2.41 bits per heavy atom. The minimum Gasteiger partial charge on any atom is -0.508 e. The van der Waals surface area contributed by atoms with Gasteiger partial charge in [0.25, 0.3) is 0 Å². The molecule has 3 nitrogen and oxygen atoms in total. The molecule has 3 heteroatoms. The molecule has 0 spiro atoms. The van der Waals surface area contributed by atoms with E-state index in [2.05, 4.69) is 0 Å². The zero-order valence-electron chi connectivity index (χ0n) is 11.7. The summed E-state index contributed by atoms with van der Waals surface area (Å²) < 4.78 is 0. The molecule has 1 aliphatic rings. The van der Waals surface area contributed by atoms with Crippen LogP contribution in [0.1, 0.15) is 15.9 Å². The SMILES string of the molecule is O=C1Cc2cccc3ccc(-c4ccc(O)cc4)c(c23)C1=O. The van der Waals surface area contributed by atoms with Gasteiger partial charge in [-0.15, -0.1) is 0 Å². The maximum absolute atomic E-state index is 12.5. The molecule has 3 aromatic carbocycles. The monoisotopic (exact) mass is 288 g/mol. The quantitative estimate of drug-likeness (QED) is 0.697. The van der Waals surface area contributed by atoms with Gasteiger partial charge in [0, 0.05) is 12.0 Å². The molecule has 0 saturated heterocycles. The number of carbonyl (C=O) groups excluding carboxylic acids is 2. The van der Waals surface area contributed by atoms with Crippen LogP contribution in [0.5, 0.6) is 5.75 Å². The predicted molar refractivity (Wildman–Crippen MR) is 84.1 cm³/mol. The molecule has 0 saturated carbocycles. The smallest absolute Gasteiger partial charge is 0.230 e. The lowest BCUT2D eigenvalue weighted by Gasteiger charge is -2.19. The molecule has 0 atom stereocenters. The third kappa shape index (κ3) is 1.76. The fourth-order valence-corrected chi connectivity index (χ4v) is 3.11. The lowest BCUT2D eigenvalue weighted by molar-refractivity contribution is -0.114. The van der Waals surface area contributed by atoms with Gasteiger partial charge < -0.3 is 5.11 Å². The Labute approximate surface area is 126 Å². The highest BCUT2D eigenvalue weighted by Gasteiger charge is 2.29. The zero-order valence-corrected chi connectivity index (χ0v) is 11.7. The number of aromatic hydroxyl groups is 1. The molecular formula is C19H12O3. The van der Waals surface area contributed by atoms with Gasteiger partial charge in [-0.3, -0.25) is 9.59 Å². The number of hydrogen-bond donors (Lipinski definition) is 1. The summed E-state index contributed by atoms with van der Waals surface area (Å²) >= 11 is 0. The van der Waals surface area contributed by atoms with Crippen molar-refractivity contribution in [3.8, 4) is 16.9 Å². The Morgan fingerprint density at radius 2 is 1.64 bits per heavy atom. The molecule has 0 bridgehead atoms. The van der Waals surface area contributed by atoms with E-state index in [0.717, 1.165) is 27.5 Å². The first-order valence-electron chi connectivity index (χ1n) is 7.07. The maximum Gasteiger partial charge on any atom is 0.230 e. The number of ketones is 2. The Hall–Kier alpha value is -2.94. The van der Waals surface area contributed by atoms with E-state index in [1.165, 1.54) is 0 Å². The summed E-state index contributed by atoms with van der Waals surface area (Å²) in [6, 6.07) is 16.2. The van der Waals surface area contributed by atoms with Crippen molar-refractivity contribution in [2.45, 2.75) is 6.42 Å². The molecule has 0 amide bonds. The van der Waals surface area contributed by atoms with E-state index in [0.29, 0.717) is 5.56 Å². The van der Waals surface area contributed by atoms with Crippen molar-refractivity contribution in [3.05, 3.63) is 65.7 Å². The van der Waals surface area contributed by atoms with Gasteiger partial charge in [0.05, 0.1) is 0 Å². The molecule has 0 heterocycles. The van der Waals surface area contributed by atoms with Crippen LogP contribution >= 0.6 is 0 Å². The Bertz CT molecular complexity index is 937. The van der Waals surface area contributed by atoms with Crippen molar-refractivity contribution < 1.29 is 14.7 Å². The first-order valence-corrected chi connectivity index (χ1v) is 7.07. The number of benzene rings is 3. The maximum atomic E-state index is 12.5. The largest absolute Gasteiger partial charge is 0.508 e. The van der Waals surface area contributed by atoms with Crippen molar-refractivity contribution in [1.29, 1.82) is 0 Å². The zero-order chi connectivity index (χ0) is 15.3. The highest BCUT2D eigenvalue weighted by Crippen LogP contribution is 2.36. The number of phenolic OH excluding ortho intramolecular Hbond substituents is 1. The first-order chi connectivity index (χ1) is 10.6.